The van der Waals surface area contributed by atoms with Crippen LogP contribution in [0.1, 0.15) is 297 Å². The molecule has 0 saturated carbocycles. The average molecular weight is 952 g/mol. The van der Waals surface area contributed by atoms with Gasteiger partial charge < -0.3 is 14.2 Å². The van der Waals surface area contributed by atoms with Gasteiger partial charge in [-0.25, -0.2) is 0 Å². The number of allylic oxidation sites excluding steroid dienone is 10. The molecule has 0 aliphatic rings. The maximum Gasteiger partial charge on any atom is 0.306 e. The summed E-state index contributed by atoms with van der Waals surface area (Å²) in [6.45, 7) is 6.58. The number of esters is 3. The normalized spacial score (nSPS) is 12.5. The van der Waals surface area contributed by atoms with Crippen molar-refractivity contribution < 1.29 is 28.6 Å². The number of carbonyl (C=O) groups is 3. The molecule has 0 fully saturated rings. The molecule has 394 valence electrons. The van der Waals surface area contributed by atoms with Crippen molar-refractivity contribution in [1.82, 2.24) is 0 Å². The van der Waals surface area contributed by atoms with Crippen LogP contribution in [0.25, 0.3) is 0 Å². The third-order valence-corrected chi connectivity index (χ3v) is 12.7. The maximum absolute atomic E-state index is 12.8. The first-order valence-electron chi connectivity index (χ1n) is 29.3. The van der Waals surface area contributed by atoms with Crippen molar-refractivity contribution >= 4 is 17.9 Å². The van der Waals surface area contributed by atoms with E-state index in [9.17, 15) is 14.4 Å². The van der Waals surface area contributed by atoms with Gasteiger partial charge in [-0.05, 0) is 109 Å². The maximum atomic E-state index is 12.8. The largest absolute Gasteiger partial charge is 0.462 e. The molecule has 0 spiro atoms. The quantitative estimate of drug-likeness (QED) is 0.0262. The van der Waals surface area contributed by atoms with Crippen molar-refractivity contribution in [3.05, 3.63) is 60.8 Å². The monoisotopic (exact) mass is 951 g/mol. The second kappa shape index (κ2) is 56.7. The summed E-state index contributed by atoms with van der Waals surface area (Å²) in [5.41, 5.74) is 0. The van der Waals surface area contributed by atoms with Gasteiger partial charge >= 0.3 is 17.9 Å². The minimum Gasteiger partial charge on any atom is -0.462 e. The summed E-state index contributed by atoms with van der Waals surface area (Å²) in [5, 5.41) is 0. The number of unbranched alkanes of at least 4 members (excludes halogenated alkanes) is 32. The van der Waals surface area contributed by atoms with E-state index < -0.39 is 6.10 Å². The molecule has 0 aromatic heterocycles. The van der Waals surface area contributed by atoms with Gasteiger partial charge in [0.1, 0.15) is 13.2 Å². The van der Waals surface area contributed by atoms with Gasteiger partial charge in [0.25, 0.3) is 0 Å². The van der Waals surface area contributed by atoms with Gasteiger partial charge in [-0.15, -0.1) is 0 Å². The van der Waals surface area contributed by atoms with Crippen LogP contribution in [0.2, 0.25) is 0 Å². The SMILES string of the molecule is CCCCC/C=C\C/C=C\CCCCCCCC(=O)OC(COC(=O)CCCCCCC/C=C\CCCCC)COC(=O)CCCCCCCCCCCCC/C=C\C/C=C\CCCCCCC. The standard InChI is InChI=1S/C62H110O6/c1-4-7-10-13-16-19-22-25-27-28-29-30-31-32-33-34-36-37-40-43-46-49-52-55-61(64)67-58-59(57-66-60(63)54-51-48-45-42-39-24-21-18-15-12-9-6-3)68-62(65)56-53-50-47-44-41-38-35-26-23-20-17-14-11-8-5-2/h17-18,20-22,25-26,28-29,35,59H,4-16,19,23-24,27,30-34,36-58H2,1-3H3/b20-17-,21-18-,25-22-,29-28-,35-26-. The molecule has 0 bridgehead atoms. The third kappa shape index (κ3) is 54.1. The van der Waals surface area contributed by atoms with Crippen LogP contribution in [0.4, 0.5) is 0 Å². The lowest BCUT2D eigenvalue weighted by atomic mass is 10.0. The van der Waals surface area contributed by atoms with Gasteiger partial charge in [0.2, 0.25) is 0 Å². The number of hydrogen-bond donors (Lipinski definition) is 0. The van der Waals surface area contributed by atoms with Crippen LogP contribution in [-0.4, -0.2) is 37.2 Å². The van der Waals surface area contributed by atoms with Crippen molar-refractivity contribution in [3.63, 3.8) is 0 Å². The summed E-state index contributed by atoms with van der Waals surface area (Å²) in [5.74, 6) is -0.898. The molecule has 68 heavy (non-hydrogen) atoms. The summed E-state index contributed by atoms with van der Waals surface area (Å²) >= 11 is 0. The molecule has 0 amide bonds. The fraction of sp³-hybridized carbons (Fsp3) is 0.790. The van der Waals surface area contributed by atoms with Crippen LogP contribution in [-0.2, 0) is 28.6 Å². The van der Waals surface area contributed by atoms with Crippen molar-refractivity contribution in [1.29, 1.82) is 0 Å². The van der Waals surface area contributed by atoms with E-state index in [0.717, 1.165) is 96.3 Å². The molecule has 0 aliphatic carbocycles. The molecule has 0 saturated heterocycles. The van der Waals surface area contributed by atoms with E-state index in [1.165, 1.54) is 161 Å². The predicted molar refractivity (Wildman–Crippen MR) is 293 cm³/mol. The van der Waals surface area contributed by atoms with Crippen LogP contribution in [0.5, 0.6) is 0 Å². The van der Waals surface area contributed by atoms with Gasteiger partial charge in [0, 0.05) is 19.3 Å². The number of carbonyl (C=O) groups excluding carboxylic acids is 3. The van der Waals surface area contributed by atoms with Gasteiger partial charge in [0.05, 0.1) is 0 Å². The zero-order valence-electron chi connectivity index (χ0n) is 45.1. The Morgan fingerprint density at radius 3 is 0.853 bits per heavy atom. The first-order chi connectivity index (χ1) is 33.5. The van der Waals surface area contributed by atoms with Gasteiger partial charge in [0.15, 0.2) is 6.10 Å². The Labute approximate surface area is 421 Å². The highest BCUT2D eigenvalue weighted by atomic mass is 16.6. The van der Waals surface area contributed by atoms with Gasteiger partial charge in [-0.2, -0.15) is 0 Å². The second-order valence-corrected chi connectivity index (χ2v) is 19.5. The molecule has 0 aromatic rings. The smallest absolute Gasteiger partial charge is 0.306 e. The molecule has 0 aromatic carbocycles. The molecular formula is C62H110O6. The molecule has 1 unspecified atom stereocenters. The first kappa shape index (κ1) is 65.1. The Bertz CT molecular complexity index is 1230. The second-order valence-electron chi connectivity index (χ2n) is 19.5. The summed E-state index contributed by atoms with van der Waals surface area (Å²) in [6, 6.07) is 0. The van der Waals surface area contributed by atoms with Crippen LogP contribution >= 0.6 is 0 Å². The Kier molecular flexibility index (Phi) is 54.3. The molecule has 6 nitrogen and oxygen atoms in total. The third-order valence-electron chi connectivity index (χ3n) is 12.7. The molecule has 0 aliphatic heterocycles. The minimum atomic E-state index is -0.785. The zero-order chi connectivity index (χ0) is 49.3. The van der Waals surface area contributed by atoms with E-state index in [1.54, 1.807) is 0 Å². The number of rotatable bonds is 53. The van der Waals surface area contributed by atoms with E-state index in [2.05, 4.69) is 81.5 Å². The van der Waals surface area contributed by atoms with Crippen molar-refractivity contribution in [2.24, 2.45) is 0 Å². The molecule has 0 heterocycles. The summed E-state index contributed by atoms with van der Waals surface area (Å²) in [7, 11) is 0. The van der Waals surface area contributed by atoms with Crippen molar-refractivity contribution in [2.45, 2.75) is 303 Å². The molecule has 0 radical (unpaired) electrons. The van der Waals surface area contributed by atoms with E-state index in [-0.39, 0.29) is 31.1 Å². The Morgan fingerprint density at radius 2 is 0.529 bits per heavy atom. The summed E-state index contributed by atoms with van der Waals surface area (Å²) in [4.78, 5) is 38.1. The number of ether oxygens (including phenoxy) is 3. The zero-order valence-corrected chi connectivity index (χ0v) is 45.1. The van der Waals surface area contributed by atoms with E-state index in [1.807, 2.05) is 0 Å². The fourth-order valence-corrected chi connectivity index (χ4v) is 8.26. The highest BCUT2D eigenvalue weighted by molar-refractivity contribution is 5.71. The molecule has 1 atom stereocenters. The van der Waals surface area contributed by atoms with Gasteiger partial charge in [-0.3, -0.25) is 14.4 Å². The summed E-state index contributed by atoms with van der Waals surface area (Å²) < 4.78 is 16.8. The summed E-state index contributed by atoms with van der Waals surface area (Å²) in [6.07, 6.45) is 70.7. The predicted octanol–water partition coefficient (Wildman–Crippen LogP) is 19.6. The lowest BCUT2D eigenvalue weighted by Crippen LogP contribution is -2.30. The Hall–Kier alpha value is -2.89. The minimum absolute atomic E-state index is 0.0826. The van der Waals surface area contributed by atoms with Crippen LogP contribution < -0.4 is 0 Å². The topological polar surface area (TPSA) is 78.9 Å². The van der Waals surface area contributed by atoms with Gasteiger partial charge in [-0.1, -0.05) is 229 Å². The Balaban J connectivity index is 4.30. The van der Waals surface area contributed by atoms with Crippen LogP contribution in [0.3, 0.4) is 0 Å². The fourth-order valence-electron chi connectivity index (χ4n) is 8.26. The molecular weight excluding hydrogens is 841 g/mol. The molecule has 6 heteroatoms. The van der Waals surface area contributed by atoms with Crippen LogP contribution in [0, 0.1) is 0 Å². The molecule has 0 rings (SSSR count). The average Bonchev–Trinajstić information content (AvgIpc) is 3.34. The van der Waals surface area contributed by atoms with Crippen LogP contribution in [0.15, 0.2) is 60.8 Å². The van der Waals surface area contributed by atoms with E-state index >= 15 is 0 Å². The van der Waals surface area contributed by atoms with E-state index in [4.69, 9.17) is 14.2 Å². The highest BCUT2D eigenvalue weighted by Crippen LogP contribution is 2.15. The lowest BCUT2D eigenvalue weighted by molar-refractivity contribution is -0.167. The van der Waals surface area contributed by atoms with E-state index in [0.29, 0.717) is 19.3 Å². The first-order valence-corrected chi connectivity index (χ1v) is 29.3. The lowest BCUT2D eigenvalue weighted by Gasteiger charge is -2.18. The van der Waals surface area contributed by atoms with Crippen molar-refractivity contribution in [3.8, 4) is 0 Å². The highest BCUT2D eigenvalue weighted by Gasteiger charge is 2.19. The van der Waals surface area contributed by atoms with Crippen molar-refractivity contribution in [2.75, 3.05) is 13.2 Å². The molecule has 0 N–H and O–H groups in total. The Morgan fingerprint density at radius 1 is 0.294 bits per heavy atom. The number of hydrogen-bond acceptors (Lipinski definition) is 6.